The van der Waals surface area contributed by atoms with E-state index in [9.17, 15) is 23.4 Å². The zero-order chi connectivity index (χ0) is 34.5. The number of benzene rings is 1. The number of hydrogen-bond acceptors (Lipinski definition) is 6. The van der Waals surface area contributed by atoms with Crippen molar-refractivity contribution in [1.82, 2.24) is 4.98 Å². The molecule has 1 aromatic heterocycles. The fourth-order valence-corrected chi connectivity index (χ4v) is 10.4. The number of rotatable bonds is 4. The van der Waals surface area contributed by atoms with Crippen LogP contribution in [0.1, 0.15) is 99.9 Å². The van der Waals surface area contributed by atoms with E-state index in [2.05, 4.69) is 18.8 Å². The lowest BCUT2D eigenvalue weighted by Gasteiger charge is -2.59. The zero-order valence-corrected chi connectivity index (χ0v) is 28.6. The summed E-state index contributed by atoms with van der Waals surface area (Å²) in [6.45, 7) is 8.47. The van der Waals surface area contributed by atoms with Crippen molar-refractivity contribution in [3.05, 3.63) is 62.6 Å². The lowest BCUT2D eigenvalue weighted by Crippen LogP contribution is -2.65. The van der Waals surface area contributed by atoms with Gasteiger partial charge in [0.2, 0.25) is 0 Å². The van der Waals surface area contributed by atoms with Gasteiger partial charge in [-0.1, -0.05) is 56.7 Å². The standard InChI is InChI=1S/C37H44F5NO4S/c1-22-43-25(18-48-22)9-8-23-6-5-7-24(16-23)27-17-32(4)28(12-15-35(32,45)36(38,39)37(40,41)42)26-10-13-33(44)19-34(14-11-29(33)30(26)27)46-20-31(2,3)21-47-34/h5-9,16,18,26-28,44-45H,10-15,17,19-21H2,1-4H3/b9-8+/t26-,27+,28-,32-,33+,35-/m0/s1. The van der Waals surface area contributed by atoms with Crippen LogP contribution in [0.2, 0.25) is 0 Å². The van der Waals surface area contributed by atoms with Crippen LogP contribution in [-0.2, 0) is 9.47 Å². The molecular formula is C37H44F5NO4S. The van der Waals surface area contributed by atoms with E-state index in [1.165, 1.54) is 18.3 Å². The van der Waals surface area contributed by atoms with Crippen LogP contribution >= 0.6 is 11.3 Å². The topological polar surface area (TPSA) is 71.8 Å². The van der Waals surface area contributed by atoms with Gasteiger partial charge in [0.1, 0.15) is 5.60 Å². The van der Waals surface area contributed by atoms with Gasteiger partial charge < -0.3 is 19.7 Å². The maximum Gasteiger partial charge on any atom is 0.456 e. The Bertz CT molecular complexity index is 1640. The van der Waals surface area contributed by atoms with Gasteiger partial charge in [-0.2, -0.15) is 22.0 Å². The summed E-state index contributed by atoms with van der Waals surface area (Å²) in [5.41, 5.74) is -2.25. The van der Waals surface area contributed by atoms with Gasteiger partial charge in [0.25, 0.3) is 0 Å². The monoisotopic (exact) mass is 693 g/mol. The summed E-state index contributed by atoms with van der Waals surface area (Å²) < 4.78 is 85.5. The number of aromatic nitrogens is 1. The highest BCUT2D eigenvalue weighted by Gasteiger charge is 2.79. The SMILES string of the molecule is Cc1nc(/C=C/c2cccc([C@H]3C[C@@]4(C)[C@@H](CC[C@@]4(O)C(F)(F)C(F)(F)F)[C@@H]4CC[C@@]5(O)CC6(CCC5=C43)OCC(C)(C)CO6)c2)cs1. The first-order valence-corrected chi connectivity index (χ1v) is 17.8. The first-order valence-electron chi connectivity index (χ1n) is 16.9. The molecule has 0 unspecified atom stereocenters. The van der Waals surface area contributed by atoms with E-state index in [0.29, 0.717) is 38.9 Å². The van der Waals surface area contributed by atoms with Crippen molar-refractivity contribution >= 4 is 23.5 Å². The lowest BCUT2D eigenvalue weighted by atomic mass is 9.49. The maximum atomic E-state index is 15.4. The molecule has 4 fully saturated rings. The largest absolute Gasteiger partial charge is 0.456 e. The van der Waals surface area contributed by atoms with Gasteiger partial charge in [-0.25, -0.2) is 4.98 Å². The number of halogens is 5. The average molecular weight is 694 g/mol. The summed E-state index contributed by atoms with van der Waals surface area (Å²) in [5.74, 6) is -7.76. The van der Waals surface area contributed by atoms with Crippen LogP contribution in [0.4, 0.5) is 22.0 Å². The molecule has 7 rings (SSSR count). The van der Waals surface area contributed by atoms with Crippen LogP contribution < -0.4 is 0 Å². The highest BCUT2D eigenvalue weighted by molar-refractivity contribution is 7.09. The van der Waals surface area contributed by atoms with E-state index in [1.807, 2.05) is 48.7 Å². The van der Waals surface area contributed by atoms with Crippen molar-refractivity contribution in [3.63, 3.8) is 0 Å². The molecule has 4 aliphatic carbocycles. The fourth-order valence-electron chi connectivity index (χ4n) is 9.82. The molecule has 1 saturated heterocycles. The number of allylic oxidation sites excluding steroid dienone is 1. The number of fused-ring (bicyclic) bond motifs is 4. The van der Waals surface area contributed by atoms with Gasteiger partial charge in [0, 0.05) is 35.0 Å². The third kappa shape index (κ3) is 5.24. The summed E-state index contributed by atoms with van der Waals surface area (Å²) in [5, 5.41) is 26.9. The number of hydrogen-bond donors (Lipinski definition) is 2. The Balaban J connectivity index is 1.33. The van der Waals surface area contributed by atoms with Crippen LogP contribution in [0.25, 0.3) is 12.2 Å². The van der Waals surface area contributed by atoms with Gasteiger partial charge in [0.05, 0.1) is 29.5 Å². The Morgan fingerprint density at radius 3 is 2.38 bits per heavy atom. The predicted octanol–water partition coefficient (Wildman–Crippen LogP) is 8.85. The second-order valence-corrected chi connectivity index (χ2v) is 17.0. The summed E-state index contributed by atoms with van der Waals surface area (Å²) >= 11 is 1.53. The van der Waals surface area contributed by atoms with Crippen molar-refractivity contribution in [2.45, 2.75) is 114 Å². The van der Waals surface area contributed by atoms with E-state index in [4.69, 9.17) is 9.47 Å². The predicted molar refractivity (Wildman–Crippen MR) is 173 cm³/mol. The summed E-state index contributed by atoms with van der Waals surface area (Å²) in [4.78, 5) is 4.48. The first-order chi connectivity index (χ1) is 22.3. The molecule has 1 aromatic carbocycles. The van der Waals surface area contributed by atoms with Crippen molar-refractivity contribution in [2.75, 3.05) is 13.2 Å². The zero-order valence-electron chi connectivity index (χ0n) is 27.8. The normalized spacial score (nSPS) is 36.3. The molecule has 48 heavy (non-hydrogen) atoms. The van der Waals surface area contributed by atoms with Gasteiger partial charge in [-0.15, -0.1) is 11.3 Å². The van der Waals surface area contributed by atoms with Crippen molar-refractivity contribution in [1.29, 1.82) is 0 Å². The van der Waals surface area contributed by atoms with Crippen LogP contribution in [-0.4, -0.2) is 57.5 Å². The highest BCUT2D eigenvalue weighted by Crippen LogP contribution is 2.71. The molecule has 2 heterocycles. The molecule has 11 heteroatoms. The van der Waals surface area contributed by atoms with Crippen LogP contribution in [0, 0.1) is 29.6 Å². The van der Waals surface area contributed by atoms with Crippen LogP contribution in [0.15, 0.2) is 40.8 Å². The Morgan fingerprint density at radius 1 is 0.979 bits per heavy atom. The second kappa shape index (κ2) is 11.2. The number of ether oxygens (including phenoxy) is 2. The van der Waals surface area contributed by atoms with Crippen molar-refractivity contribution in [2.24, 2.45) is 22.7 Å². The molecule has 6 atom stereocenters. The molecule has 5 aliphatic rings. The Morgan fingerprint density at radius 2 is 1.71 bits per heavy atom. The van der Waals surface area contributed by atoms with E-state index in [0.717, 1.165) is 33.0 Å². The van der Waals surface area contributed by atoms with Gasteiger partial charge >= 0.3 is 12.1 Å². The third-order valence-electron chi connectivity index (χ3n) is 12.3. The third-order valence-corrected chi connectivity index (χ3v) is 13.1. The molecule has 2 N–H and O–H groups in total. The molecule has 1 aliphatic heterocycles. The van der Waals surface area contributed by atoms with Gasteiger partial charge in [-0.05, 0) is 80.1 Å². The molecule has 262 valence electrons. The molecule has 5 nitrogen and oxygen atoms in total. The maximum absolute atomic E-state index is 15.4. The van der Waals surface area contributed by atoms with Crippen LogP contribution in [0.3, 0.4) is 0 Å². The van der Waals surface area contributed by atoms with E-state index in [-0.39, 0.29) is 30.6 Å². The Hall–Kier alpha value is -2.18. The first kappa shape index (κ1) is 34.3. The number of thiazole rings is 1. The summed E-state index contributed by atoms with van der Waals surface area (Å²) in [7, 11) is 0. The van der Waals surface area contributed by atoms with Crippen molar-refractivity contribution in [3.8, 4) is 0 Å². The number of alkyl halides is 5. The molecule has 2 aromatic rings. The van der Waals surface area contributed by atoms with Gasteiger partial charge in [0.15, 0.2) is 5.79 Å². The quantitative estimate of drug-likeness (QED) is 0.247. The number of aryl methyl sites for hydroxylation is 1. The molecule has 0 amide bonds. The minimum absolute atomic E-state index is 0.0480. The minimum atomic E-state index is -5.90. The van der Waals surface area contributed by atoms with Crippen molar-refractivity contribution < 1.29 is 41.6 Å². The van der Waals surface area contributed by atoms with E-state index < -0.39 is 52.8 Å². The average Bonchev–Trinajstić information content (AvgIpc) is 3.56. The second-order valence-electron chi connectivity index (χ2n) is 16.0. The number of aliphatic hydroxyl groups is 2. The summed E-state index contributed by atoms with van der Waals surface area (Å²) in [6.07, 6.45) is -0.862. The highest BCUT2D eigenvalue weighted by atomic mass is 32.1. The lowest BCUT2D eigenvalue weighted by molar-refractivity contribution is -0.362. The molecule has 0 bridgehead atoms. The molecule has 0 radical (unpaired) electrons. The molecule has 3 saturated carbocycles. The number of nitrogens with zero attached hydrogens (tertiary/aromatic N) is 1. The molecular weight excluding hydrogens is 649 g/mol. The summed E-state index contributed by atoms with van der Waals surface area (Å²) in [6, 6.07) is 7.59. The smallest absolute Gasteiger partial charge is 0.385 e. The van der Waals surface area contributed by atoms with Crippen LogP contribution in [0.5, 0.6) is 0 Å². The fraction of sp³-hybridized carbons (Fsp3) is 0.649. The Kier molecular flexibility index (Phi) is 7.97. The van der Waals surface area contributed by atoms with E-state index in [1.54, 1.807) is 0 Å². The Labute approximate surface area is 282 Å². The van der Waals surface area contributed by atoms with Gasteiger partial charge in [-0.3, -0.25) is 0 Å². The van der Waals surface area contributed by atoms with E-state index >= 15 is 8.78 Å². The minimum Gasteiger partial charge on any atom is -0.385 e. The molecule has 1 spiro atoms.